The molecule has 4 rings (SSSR count). The fourth-order valence-electron chi connectivity index (χ4n) is 4.11. The average molecular weight is 458 g/mol. The Morgan fingerprint density at radius 2 is 2.03 bits per heavy atom. The second-order valence-electron chi connectivity index (χ2n) is 7.63. The quantitative estimate of drug-likeness (QED) is 0.363. The number of halogens is 1. The van der Waals surface area contributed by atoms with Crippen LogP contribution in [0.3, 0.4) is 0 Å². The molecule has 2 aromatic carbocycles. The Kier molecular flexibility index (Phi) is 5.86. The van der Waals surface area contributed by atoms with Crippen LogP contribution < -0.4 is 21.6 Å². The molecule has 1 aliphatic heterocycles. The predicted molar refractivity (Wildman–Crippen MR) is 118 cm³/mol. The summed E-state index contributed by atoms with van der Waals surface area (Å²) in [5.74, 6) is -1.40. The van der Waals surface area contributed by atoms with Gasteiger partial charge in [0.15, 0.2) is 12.4 Å². The van der Waals surface area contributed by atoms with Gasteiger partial charge in [0.05, 0.1) is 16.6 Å². The molecule has 0 amide bonds. The number of ketones is 1. The van der Waals surface area contributed by atoms with E-state index in [2.05, 4.69) is 4.98 Å². The Morgan fingerprint density at radius 1 is 1.25 bits per heavy atom. The topological polar surface area (TPSA) is 144 Å². The lowest BCUT2D eigenvalue weighted by Gasteiger charge is -2.27. The Hall–Kier alpha value is -3.43. The molecule has 0 unspecified atom stereocenters. The molecule has 166 valence electrons. The van der Waals surface area contributed by atoms with Crippen LogP contribution in [0.25, 0.3) is 11.0 Å². The van der Waals surface area contributed by atoms with Crippen molar-refractivity contribution in [3.05, 3.63) is 72.8 Å². The predicted octanol–water partition coefficient (Wildman–Crippen LogP) is 2.03. The highest BCUT2D eigenvalue weighted by atomic mass is 35.5. The molecule has 0 saturated carbocycles. The lowest BCUT2D eigenvalue weighted by Crippen LogP contribution is -2.40. The van der Waals surface area contributed by atoms with Crippen molar-refractivity contribution in [1.29, 1.82) is 0 Å². The number of hydrogen-bond acceptors (Lipinski definition) is 6. The number of H-pyrrole nitrogens is 1. The Bertz CT molecular complexity index is 1360. The number of carbonyl (C=O) groups excluding carboxylic acids is 1. The van der Waals surface area contributed by atoms with Crippen molar-refractivity contribution in [3.63, 3.8) is 0 Å². The molecule has 32 heavy (non-hydrogen) atoms. The summed E-state index contributed by atoms with van der Waals surface area (Å²) in [6.07, 6.45) is 0.977. The van der Waals surface area contributed by atoms with Crippen LogP contribution in [0.15, 0.2) is 39.9 Å². The van der Waals surface area contributed by atoms with Crippen LogP contribution in [-0.4, -0.2) is 33.0 Å². The molecule has 1 atom stereocenters. The zero-order valence-electron chi connectivity index (χ0n) is 16.9. The van der Waals surface area contributed by atoms with Gasteiger partial charge in [-0.1, -0.05) is 17.7 Å². The number of nitrogens with one attached hydrogen (secondary N) is 1. The number of aromatic nitrogens is 2. The average Bonchev–Trinajstić information content (AvgIpc) is 2.76. The van der Waals surface area contributed by atoms with Crippen LogP contribution in [0.5, 0.6) is 5.75 Å². The van der Waals surface area contributed by atoms with E-state index in [4.69, 9.17) is 27.2 Å². The minimum absolute atomic E-state index is 0.0636. The fourth-order valence-corrected chi connectivity index (χ4v) is 4.35. The number of rotatable bonds is 7. The smallest absolute Gasteiger partial charge is 0.341 e. The number of Topliss-reactive ketones (excluding diaryl/α,β-unsaturated/α-hetero) is 1. The molecule has 1 aromatic heterocycles. The maximum atomic E-state index is 13.2. The lowest BCUT2D eigenvalue weighted by molar-refractivity contribution is -0.139. The maximum Gasteiger partial charge on any atom is 0.341 e. The number of aryl methyl sites for hydroxylation is 1. The third-order valence-corrected chi connectivity index (χ3v) is 5.74. The van der Waals surface area contributed by atoms with Gasteiger partial charge < -0.3 is 20.6 Å². The molecule has 0 bridgehead atoms. The first-order valence-corrected chi connectivity index (χ1v) is 10.3. The van der Waals surface area contributed by atoms with Gasteiger partial charge in [0.1, 0.15) is 5.75 Å². The molecule has 10 heteroatoms. The molecule has 0 spiro atoms. The first-order valence-electron chi connectivity index (χ1n) is 9.96. The second-order valence-corrected chi connectivity index (χ2v) is 8.06. The van der Waals surface area contributed by atoms with Crippen molar-refractivity contribution >= 4 is 34.4 Å². The summed E-state index contributed by atoms with van der Waals surface area (Å²) >= 11 is 6.14. The number of hydrogen-bond donors (Lipinski definition) is 3. The van der Waals surface area contributed by atoms with Crippen LogP contribution in [0, 0.1) is 0 Å². The maximum absolute atomic E-state index is 13.2. The third kappa shape index (κ3) is 4.04. The Labute approximate surface area is 186 Å². The standard InChI is InChI=1S/C22H20ClN3O6/c23-13-6-12-2-3-14(26-20(12)16(7-13)25-21(30)22(26)31)8-17(27)15-4-1-11(9-24)5-18(15)32-10-19(28)29/h1,4-7,14H,2-3,8-10,24H2,(H,25,30)(H,28,29)/t14-/m0/s1. The number of nitrogens with zero attached hydrogens (tertiary/aromatic N) is 1. The van der Waals surface area contributed by atoms with E-state index in [1.54, 1.807) is 18.2 Å². The molecule has 9 nitrogen and oxygen atoms in total. The van der Waals surface area contributed by atoms with Crippen molar-refractivity contribution < 1.29 is 19.4 Å². The first kappa shape index (κ1) is 21.8. The molecular formula is C22H20ClN3O6. The highest BCUT2D eigenvalue weighted by molar-refractivity contribution is 6.31. The number of benzene rings is 2. The molecule has 0 aliphatic carbocycles. The van der Waals surface area contributed by atoms with Gasteiger partial charge in [0, 0.05) is 24.0 Å². The zero-order valence-corrected chi connectivity index (χ0v) is 17.6. The molecule has 2 heterocycles. The van der Waals surface area contributed by atoms with Crippen LogP contribution in [0.4, 0.5) is 0 Å². The van der Waals surface area contributed by atoms with E-state index in [1.165, 1.54) is 16.7 Å². The van der Waals surface area contributed by atoms with Crippen LogP contribution in [-0.2, 0) is 17.8 Å². The van der Waals surface area contributed by atoms with Gasteiger partial charge in [-0.15, -0.1) is 0 Å². The SMILES string of the molecule is NCc1ccc(C(=O)C[C@@H]2CCc3cc(Cl)cc4[nH]c(=O)c(=O)n2c34)c(OCC(=O)O)c1. The Balaban J connectivity index is 1.73. The summed E-state index contributed by atoms with van der Waals surface area (Å²) in [4.78, 5) is 51.6. The zero-order chi connectivity index (χ0) is 23.0. The van der Waals surface area contributed by atoms with E-state index in [0.717, 1.165) is 5.56 Å². The molecule has 0 fully saturated rings. The number of carbonyl (C=O) groups is 2. The van der Waals surface area contributed by atoms with Gasteiger partial charge in [-0.2, -0.15) is 0 Å². The monoisotopic (exact) mass is 457 g/mol. The molecule has 0 radical (unpaired) electrons. The van der Waals surface area contributed by atoms with Crippen LogP contribution in [0.1, 0.15) is 40.4 Å². The molecule has 1 aliphatic rings. The van der Waals surface area contributed by atoms with Gasteiger partial charge in [-0.25, -0.2) is 4.79 Å². The second kappa shape index (κ2) is 8.60. The number of nitrogens with two attached hydrogens (primary N) is 1. The summed E-state index contributed by atoms with van der Waals surface area (Å²) in [5, 5.41) is 9.38. The normalized spacial score (nSPS) is 15.0. The van der Waals surface area contributed by atoms with Gasteiger partial charge in [0.25, 0.3) is 0 Å². The molecular weight excluding hydrogens is 438 g/mol. The molecule has 0 saturated heterocycles. The highest BCUT2D eigenvalue weighted by Gasteiger charge is 2.28. The van der Waals surface area contributed by atoms with Crippen LogP contribution >= 0.6 is 11.6 Å². The van der Waals surface area contributed by atoms with E-state index in [9.17, 15) is 19.2 Å². The summed E-state index contributed by atoms with van der Waals surface area (Å²) in [6.45, 7) is -0.417. The fraction of sp³-hybridized carbons (Fsp3) is 0.273. The number of aliphatic carboxylic acids is 1. The summed E-state index contributed by atoms with van der Waals surface area (Å²) < 4.78 is 6.68. The van der Waals surface area contributed by atoms with E-state index in [0.29, 0.717) is 34.5 Å². The van der Waals surface area contributed by atoms with E-state index in [1.807, 2.05) is 0 Å². The first-order chi connectivity index (χ1) is 15.3. The van der Waals surface area contributed by atoms with Gasteiger partial charge in [0.2, 0.25) is 0 Å². The number of aromatic amines is 1. The number of carboxylic acids is 1. The van der Waals surface area contributed by atoms with Gasteiger partial charge in [-0.05, 0) is 48.2 Å². The summed E-state index contributed by atoms with van der Waals surface area (Å²) in [5.41, 5.74) is 6.81. The van der Waals surface area contributed by atoms with E-state index in [-0.39, 0.29) is 30.1 Å². The lowest BCUT2D eigenvalue weighted by atomic mass is 9.93. The number of ether oxygens (including phenoxy) is 1. The van der Waals surface area contributed by atoms with Crippen molar-refractivity contribution in [3.8, 4) is 5.75 Å². The van der Waals surface area contributed by atoms with Gasteiger partial charge >= 0.3 is 17.1 Å². The Morgan fingerprint density at radius 3 is 2.75 bits per heavy atom. The molecule has 4 N–H and O–H groups in total. The van der Waals surface area contributed by atoms with Crippen LogP contribution in [0.2, 0.25) is 5.02 Å². The highest BCUT2D eigenvalue weighted by Crippen LogP contribution is 2.33. The summed E-state index contributed by atoms with van der Waals surface area (Å²) in [7, 11) is 0. The minimum atomic E-state index is -1.18. The van der Waals surface area contributed by atoms with Gasteiger partial charge in [-0.3, -0.25) is 19.0 Å². The van der Waals surface area contributed by atoms with Crippen molar-refractivity contribution in [2.75, 3.05) is 6.61 Å². The minimum Gasteiger partial charge on any atom is -0.481 e. The largest absolute Gasteiger partial charge is 0.481 e. The van der Waals surface area contributed by atoms with E-state index < -0.39 is 29.7 Å². The van der Waals surface area contributed by atoms with Crippen molar-refractivity contribution in [2.24, 2.45) is 5.73 Å². The third-order valence-electron chi connectivity index (χ3n) is 5.52. The van der Waals surface area contributed by atoms with Crippen molar-refractivity contribution in [2.45, 2.75) is 31.8 Å². The summed E-state index contributed by atoms with van der Waals surface area (Å²) in [6, 6.07) is 7.51. The number of carboxylic acid groups (broad SMARTS) is 1. The van der Waals surface area contributed by atoms with Crippen molar-refractivity contribution in [1.82, 2.24) is 9.55 Å². The molecule has 3 aromatic rings. The van der Waals surface area contributed by atoms with E-state index >= 15 is 0 Å².